The van der Waals surface area contributed by atoms with E-state index in [1.54, 1.807) is 0 Å². The molecule has 1 atom stereocenters. The van der Waals surface area contributed by atoms with Gasteiger partial charge in [-0.05, 0) is 30.7 Å². The van der Waals surface area contributed by atoms with Gasteiger partial charge in [0, 0.05) is 24.5 Å². The highest BCUT2D eigenvalue weighted by Gasteiger charge is 2.15. The molecule has 0 aliphatic carbocycles. The third-order valence-corrected chi connectivity index (χ3v) is 3.02. The standard InChI is InChI=1S/C14H17FO3/c15-13-3-1-12(2-4-13)14(16)6-8-18-10-11-5-7-17-9-11/h1-4,11H,5-10H2. The number of hydrogen-bond acceptors (Lipinski definition) is 3. The predicted octanol–water partition coefficient (Wildman–Crippen LogP) is 2.45. The van der Waals surface area contributed by atoms with Crippen molar-refractivity contribution in [3.8, 4) is 0 Å². The van der Waals surface area contributed by atoms with Crippen molar-refractivity contribution in [3.63, 3.8) is 0 Å². The van der Waals surface area contributed by atoms with Crippen molar-refractivity contribution in [2.45, 2.75) is 12.8 Å². The summed E-state index contributed by atoms with van der Waals surface area (Å²) in [6.45, 7) is 2.62. The largest absolute Gasteiger partial charge is 0.381 e. The SMILES string of the molecule is O=C(CCOCC1CCOC1)c1ccc(F)cc1. The maximum absolute atomic E-state index is 12.7. The minimum atomic E-state index is -0.330. The van der Waals surface area contributed by atoms with Crippen LogP contribution in [0.5, 0.6) is 0 Å². The Hall–Kier alpha value is -1.26. The third kappa shape index (κ3) is 3.89. The van der Waals surface area contributed by atoms with E-state index >= 15 is 0 Å². The lowest BCUT2D eigenvalue weighted by Gasteiger charge is -2.08. The fraction of sp³-hybridized carbons (Fsp3) is 0.500. The first-order valence-corrected chi connectivity index (χ1v) is 6.20. The Balaban J connectivity index is 1.66. The van der Waals surface area contributed by atoms with Crippen molar-refractivity contribution in [1.82, 2.24) is 0 Å². The maximum atomic E-state index is 12.7. The summed E-state index contributed by atoms with van der Waals surface area (Å²) >= 11 is 0. The van der Waals surface area contributed by atoms with Crippen molar-refractivity contribution in [1.29, 1.82) is 0 Å². The molecule has 18 heavy (non-hydrogen) atoms. The maximum Gasteiger partial charge on any atom is 0.165 e. The Labute approximate surface area is 106 Å². The van der Waals surface area contributed by atoms with Crippen LogP contribution < -0.4 is 0 Å². The molecule has 0 aromatic heterocycles. The van der Waals surface area contributed by atoms with Crippen LogP contribution in [0.25, 0.3) is 0 Å². The van der Waals surface area contributed by atoms with Gasteiger partial charge in [0.25, 0.3) is 0 Å². The van der Waals surface area contributed by atoms with Crippen LogP contribution >= 0.6 is 0 Å². The molecule has 1 aromatic carbocycles. The monoisotopic (exact) mass is 252 g/mol. The van der Waals surface area contributed by atoms with Crippen molar-refractivity contribution < 1.29 is 18.7 Å². The molecular formula is C14H17FO3. The van der Waals surface area contributed by atoms with Gasteiger partial charge in [0.1, 0.15) is 5.82 Å². The number of carbonyl (C=O) groups is 1. The summed E-state index contributed by atoms with van der Waals surface area (Å²) in [5.41, 5.74) is 0.532. The van der Waals surface area contributed by atoms with Crippen molar-refractivity contribution >= 4 is 5.78 Å². The minimum Gasteiger partial charge on any atom is -0.381 e. The van der Waals surface area contributed by atoms with E-state index in [0.717, 1.165) is 19.6 Å². The van der Waals surface area contributed by atoms with Gasteiger partial charge < -0.3 is 9.47 Å². The number of ketones is 1. The number of rotatable bonds is 6. The lowest BCUT2D eigenvalue weighted by Crippen LogP contribution is -2.12. The van der Waals surface area contributed by atoms with E-state index in [-0.39, 0.29) is 11.6 Å². The van der Waals surface area contributed by atoms with Crippen LogP contribution in [0, 0.1) is 11.7 Å². The zero-order chi connectivity index (χ0) is 12.8. The summed E-state index contributed by atoms with van der Waals surface area (Å²) in [6, 6.07) is 5.60. The zero-order valence-electron chi connectivity index (χ0n) is 10.2. The summed E-state index contributed by atoms with van der Waals surface area (Å²) in [5, 5.41) is 0. The van der Waals surface area contributed by atoms with E-state index in [1.165, 1.54) is 24.3 Å². The molecule has 0 spiro atoms. The van der Waals surface area contributed by atoms with Gasteiger partial charge in [0.2, 0.25) is 0 Å². The Kier molecular flexibility index (Phi) is 4.84. The molecule has 0 N–H and O–H groups in total. The number of halogens is 1. The second kappa shape index (κ2) is 6.61. The molecule has 2 rings (SSSR count). The average molecular weight is 252 g/mol. The summed E-state index contributed by atoms with van der Waals surface area (Å²) in [6.07, 6.45) is 1.37. The molecule has 1 aliphatic heterocycles. The molecule has 0 bridgehead atoms. The first-order chi connectivity index (χ1) is 8.75. The molecule has 1 fully saturated rings. The van der Waals surface area contributed by atoms with Crippen molar-refractivity contribution in [2.75, 3.05) is 26.4 Å². The molecule has 1 unspecified atom stereocenters. The first kappa shape index (κ1) is 13.2. The fourth-order valence-corrected chi connectivity index (χ4v) is 1.91. The van der Waals surface area contributed by atoms with E-state index in [9.17, 15) is 9.18 Å². The second-order valence-electron chi connectivity index (χ2n) is 4.48. The van der Waals surface area contributed by atoms with Gasteiger partial charge >= 0.3 is 0 Å². The predicted molar refractivity (Wildman–Crippen MR) is 65.1 cm³/mol. The number of carbonyl (C=O) groups excluding carboxylic acids is 1. The number of hydrogen-bond donors (Lipinski definition) is 0. The number of Topliss-reactive ketones (excluding diaryl/α,β-unsaturated/α-hetero) is 1. The summed E-state index contributed by atoms with van der Waals surface area (Å²) in [4.78, 5) is 11.7. The highest BCUT2D eigenvalue weighted by atomic mass is 19.1. The Morgan fingerprint density at radius 2 is 2.17 bits per heavy atom. The van der Waals surface area contributed by atoms with E-state index in [2.05, 4.69) is 0 Å². The Morgan fingerprint density at radius 3 is 2.83 bits per heavy atom. The number of ether oxygens (including phenoxy) is 2. The van der Waals surface area contributed by atoms with Crippen LogP contribution in [0.1, 0.15) is 23.2 Å². The van der Waals surface area contributed by atoms with Gasteiger partial charge in [0.15, 0.2) is 5.78 Å². The molecule has 4 heteroatoms. The smallest absolute Gasteiger partial charge is 0.165 e. The highest BCUT2D eigenvalue weighted by molar-refractivity contribution is 5.96. The van der Waals surface area contributed by atoms with Crippen LogP contribution in [-0.4, -0.2) is 32.2 Å². The highest BCUT2D eigenvalue weighted by Crippen LogP contribution is 2.12. The Morgan fingerprint density at radius 1 is 1.39 bits per heavy atom. The zero-order valence-corrected chi connectivity index (χ0v) is 10.2. The topological polar surface area (TPSA) is 35.5 Å². The molecule has 1 aliphatic rings. The summed E-state index contributed by atoms with van der Waals surface area (Å²) < 4.78 is 23.4. The van der Waals surface area contributed by atoms with Gasteiger partial charge in [0.05, 0.1) is 19.8 Å². The van der Waals surface area contributed by atoms with Gasteiger partial charge in [-0.1, -0.05) is 0 Å². The van der Waals surface area contributed by atoms with Gasteiger partial charge in [-0.3, -0.25) is 4.79 Å². The molecule has 1 heterocycles. The van der Waals surface area contributed by atoms with Crippen molar-refractivity contribution in [2.24, 2.45) is 5.92 Å². The number of benzene rings is 1. The van der Waals surface area contributed by atoms with Crippen LogP contribution in [0.2, 0.25) is 0 Å². The van der Waals surface area contributed by atoms with E-state index in [1.807, 2.05) is 0 Å². The molecular weight excluding hydrogens is 235 g/mol. The molecule has 0 radical (unpaired) electrons. The normalized spacial score (nSPS) is 19.1. The van der Waals surface area contributed by atoms with Crippen LogP contribution in [-0.2, 0) is 9.47 Å². The van der Waals surface area contributed by atoms with E-state index in [4.69, 9.17) is 9.47 Å². The lowest BCUT2D eigenvalue weighted by atomic mass is 10.1. The van der Waals surface area contributed by atoms with Gasteiger partial charge in [-0.2, -0.15) is 0 Å². The van der Waals surface area contributed by atoms with Crippen LogP contribution in [0.15, 0.2) is 24.3 Å². The fourth-order valence-electron chi connectivity index (χ4n) is 1.91. The summed E-state index contributed by atoms with van der Waals surface area (Å²) in [7, 11) is 0. The molecule has 0 saturated carbocycles. The molecule has 1 aromatic rings. The van der Waals surface area contributed by atoms with Crippen LogP contribution in [0.3, 0.4) is 0 Å². The minimum absolute atomic E-state index is 0.0160. The van der Waals surface area contributed by atoms with Gasteiger partial charge in [-0.25, -0.2) is 4.39 Å². The molecule has 0 amide bonds. The van der Waals surface area contributed by atoms with Gasteiger partial charge in [-0.15, -0.1) is 0 Å². The summed E-state index contributed by atoms with van der Waals surface area (Å²) in [5.74, 6) is 0.118. The molecule has 3 nitrogen and oxygen atoms in total. The van der Waals surface area contributed by atoms with E-state index in [0.29, 0.717) is 31.1 Å². The third-order valence-electron chi connectivity index (χ3n) is 3.02. The quantitative estimate of drug-likeness (QED) is 0.576. The molecule has 98 valence electrons. The second-order valence-corrected chi connectivity index (χ2v) is 4.48. The van der Waals surface area contributed by atoms with Crippen LogP contribution in [0.4, 0.5) is 4.39 Å². The first-order valence-electron chi connectivity index (χ1n) is 6.20. The lowest BCUT2D eigenvalue weighted by molar-refractivity contribution is 0.0756. The average Bonchev–Trinajstić information content (AvgIpc) is 2.88. The van der Waals surface area contributed by atoms with Crippen molar-refractivity contribution in [3.05, 3.63) is 35.6 Å². The van der Waals surface area contributed by atoms with E-state index < -0.39 is 0 Å². The molecule has 1 saturated heterocycles. The Bertz CT molecular complexity index is 383.